The molecule has 0 amide bonds. The van der Waals surface area contributed by atoms with Crippen LogP contribution in [0.2, 0.25) is 0 Å². The quantitative estimate of drug-likeness (QED) is 0.766. The molecule has 0 fully saturated rings. The average molecular weight is 213 g/mol. The number of nitrogens with one attached hydrogen (secondary N) is 1. The minimum atomic E-state index is 0.727. The molecule has 15 heavy (non-hydrogen) atoms. The molecule has 1 heterocycles. The van der Waals surface area contributed by atoms with Gasteiger partial charge in [-0.3, -0.25) is 0 Å². The second kappa shape index (κ2) is 5.26. The third-order valence-electron chi connectivity index (χ3n) is 1.93. The first-order valence-corrected chi connectivity index (χ1v) is 5.84. The molecule has 0 saturated heterocycles. The minimum absolute atomic E-state index is 0.727. The molecule has 2 aromatic rings. The molecule has 2 radical (unpaired) electrons. The summed E-state index contributed by atoms with van der Waals surface area (Å²) in [5.74, 6) is 0. The molecule has 0 aliphatic carbocycles. The van der Waals surface area contributed by atoms with Gasteiger partial charge in [-0.2, -0.15) is 15.4 Å². The number of H-pyrrole nitrogens is 1. The first kappa shape index (κ1) is 9.86. The lowest BCUT2D eigenvalue weighted by Crippen LogP contribution is -2.10. The van der Waals surface area contributed by atoms with Crippen molar-refractivity contribution in [1.82, 2.24) is 15.4 Å². The zero-order valence-corrected chi connectivity index (χ0v) is 9.22. The third kappa shape index (κ3) is 3.18. The minimum Gasteiger partial charge on any atom is -0.198 e. The smallest absolute Gasteiger partial charge is 0.111 e. The van der Waals surface area contributed by atoms with Crippen LogP contribution in [0.5, 0.6) is 0 Å². The average Bonchev–Trinajstić information content (AvgIpc) is 2.79. The highest BCUT2D eigenvalue weighted by Gasteiger charge is 1.91. The highest BCUT2D eigenvalue weighted by atomic mass is 28.2. The second-order valence-corrected chi connectivity index (χ2v) is 4.28. The fourth-order valence-corrected chi connectivity index (χ4v) is 2.01. The van der Waals surface area contributed by atoms with Crippen LogP contribution in [-0.2, 0) is 6.42 Å². The van der Waals surface area contributed by atoms with Crippen LogP contribution in [0.4, 0.5) is 0 Å². The van der Waals surface area contributed by atoms with Crippen LogP contribution >= 0.6 is 0 Å². The molecule has 0 unspecified atom stereocenters. The summed E-state index contributed by atoms with van der Waals surface area (Å²) in [6, 6.07) is 10.4. The van der Waals surface area contributed by atoms with Gasteiger partial charge >= 0.3 is 0 Å². The Morgan fingerprint density at radius 2 is 2.13 bits per heavy atom. The second-order valence-electron chi connectivity index (χ2n) is 3.08. The Morgan fingerprint density at radius 3 is 2.87 bits per heavy atom. The van der Waals surface area contributed by atoms with Crippen molar-refractivity contribution in [2.45, 2.75) is 6.42 Å². The number of hydrogen-bond acceptors (Lipinski definition) is 2. The molecule has 74 valence electrons. The van der Waals surface area contributed by atoms with Gasteiger partial charge in [0, 0.05) is 6.42 Å². The molecule has 0 aliphatic rings. The molecule has 4 heteroatoms. The zero-order chi connectivity index (χ0) is 10.3. The van der Waals surface area contributed by atoms with E-state index < -0.39 is 0 Å². The summed E-state index contributed by atoms with van der Waals surface area (Å²) in [6.45, 7) is 0. The molecule has 0 saturated carbocycles. The standard InChI is InChI=1S/C11H11N3Si/c1-2-6-11(7-3-1)15-8-4-5-10-9-12-14-13-10/h1-4,6-9H,5H2,(H,12,13,14). The van der Waals surface area contributed by atoms with E-state index in [9.17, 15) is 0 Å². The predicted molar refractivity (Wildman–Crippen MR) is 61.1 cm³/mol. The number of hydrogen-bond donors (Lipinski definition) is 1. The van der Waals surface area contributed by atoms with E-state index in [0.717, 1.165) is 21.6 Å². The summed E-state index contributed by atoms with van der Waals surface area (Å²) >= 11 is 0. The van der Waals surface area contributed by atoms with Gasteiger partial charge < -0.3 is 0 Å². The van der Waals surface area contributed by atoms with Crippen LogP contribution in [0, 0.1) is 0 Å². The van der Waals surface area contributed by atoms with Crippen molar-refractivity contribution >= 4 is 14.7 Å². The Kier molecular flexibility index (Phi) is 3.46. The molecule has 0 spiro atoms. The highest BCUT2D eigenvalue weighted by molar-refractivity contribution is 6.58. The molecule has 2 rings (SSSR count). The number of rotatable bonds is 4. The first-order valence-electron chi connectivity index (χ1n) is 4.76. The van der Waals surface area contributed by atoms with Crippen LogP contribution < -0.4 is 5.19 Å². The maximum Gasteiger partial charge on any atom is 0.111 e. The molecule has 1 aromatic heterocycles. The van der Waals surface area contributed by atoms with Crippen LogP contribution in [0.15, 0.2) is 48.3 Å². The number of allylic oxidation sites excluding steroid dienone is 1. The van der Waals surface area contributed by atoms with Gasteiger partial charge in [0.15, 0.2) is 0 Å². The maximum absolute atomic E-state index is 3.98. The van der Waals surface area contributed by atoms with Crippen molar-refractivity contribution in [2.24, 2.45) is 0 Å². The van der Waals surface area contributed by atoms with E-state index in [-0.39, 0.29) is 0 Å². The summed E-state index contributed by atoms with van der Waals surface area (Å²) in [5.41, 5.74) is 3.16. The highest BCUT2D eigenvalue weighted by Crippen LogP contribution is 1.91. The van der Waals surface area contributed by atoms with E-state index in [1.165, 1.54) is 5.19 Å². The Morgan fingerprint density at radius 1 is 1.27 bits per heavy atom. The fraction of sp³-hybridized carbons (Fsp3) is 0.0909. The topological polar surface area (TPSA) is 41.6 Å². The van der Waals surface area contributed by atoms with E-state index in [1.807, 2.05) is 6.07 Å². The van der Waals surface area contributed by atoms with Crippen molar-refractivity contribution in [3.05, 3.63) is 54.0 Å². The number of benzene rings is 1. The fourth-order valence-electron chi connectivity index (χ4n) is 1.19. The van der Waals surface area contributed by atoms with E-state index in [1.54, 1.807) is 6.20 Å². The van der Waals surface area contributed by atoms with Gasteiger partial charge in [0.2, 0.25) is 0 Å². The van der Waals surface area contributed by atoms with Crippen molar-refractivity contribution in [1.29, 1.82) is 0 Å². The third-order valence-corrected chi connectivity index (χ3v) is 3.00. The molecule has 0 bridgehead atoms. The Balaban J connectivity index is 1.81. The Bertz CT molecular complexity index is 409. The Hall–Kier alpha value is -1.68. The first-order chi connectivity index (χ1) is 7.45. The number of nitrogens with zero attached hydrogens (tertiary/aromatic N) is 2. The molecule has 1 N–H and O–H groups in total. The largest absolute Gasteiger partial charge is 0.198 e. The van der Waals surface area contributed by atoms with Gasteiger partial charge in [-0.15, -0.1) is 0 Å². The molecular formula is C11H11N3Si. The summed E-state index contributed by atoms with van der Waals surface area (Å²) in [5, 5.41) is 11.7. The summed E-state index contributed by atoms with van der Waals surface area (Å²) in [6.07, 6.45) is 4.72. The van der Waals surface area contributed by atoms with Crippen molar-refractivity contribution in [2.75, 3.05) is 0 Å². The summed E-state index contributed by atoms with van der Waals surface area (Å²) in [4.78, 5) is 0. The number of aromatic nitrogens is 3. The zero-order valence-electron chi connectivity index (χ0n) is 8.22. The lowest BCUT2D eigenvalue weighted by Gasteiger charge is -1.92. The summed E-state index contributed by atoms with van der Waals surface area (Å²) in [7, 11) is 0.727. The van der Waals surface area contributed by atoms with Gasteiger partial charge in [-0.25, -0.2) is 0 Å². The van der Waals surface area contributed by atoms with E-state index in [4.69, 9.17) is 0 Å². The molecular weight excluding hydrogens is 202 g/mol. The Labute approximate surface area is 91.1 Å². The molecule has 0 aliphatic heterocycles. The van der Waals surface area contributed by atoms with E-state index in [2.05, 4.69) is 51.5 Å². The van der Waals surface area contributed by atoms with Crippen molar-refractivity contribution in [3.63, 3.8) is 0 Å². The van der Waals surface area contributed by atoms with Gasteiger partial charge in [0.05, 0.1) is 11.9 Å². The maximum atomic E-state index is 3.98. The van der Waals surface area contributed by atoms with Gasteiger partial charge in [-0.05, 0) is 0 Å². The van der Waals surface area contributed by atoms with E-state index in [0.29, 0.717) is 0 Å². The van der Waals surface area contributed by atoms with Crippen molar-refractivity contribution in [3.8, 4) is 0 Å². The van der Waals surface area contributed by atoms with Crippen LogP contribution in [-0.4, -0.2) is 24.9 Å². The molecule has 3 nitrogen and oxygen atoms in total. The van der Waals surface area contributed by atoms with Crippen LogP contribution in [0.3, 0.4) is 0 Å². The van der Waals surface area contributed by atoms with Gasteiger partial charge in [-0.1, -0.05) is 47.3 Å². The SMILES string of the molecule is C(=C[Si]c1ccccc1)Cc1cn[nH]n1. The van der Waals surface area contributed by atoms with Gasteiger partial charge in [0.25, 0.3) is 0 Å². The molecule has 0 atom stereocenters. The number of aromatic amines is 1. The molecule has 1 aromatic carbocycles. The van der Waals surface area contributed by atoms with Gasteiger partial charge in [0.1, 0.15) is 9.52 Å². The van der Waals surface area contributed by atoms with E-state index >= 15 is 0 Å². The van der Waals surface area contributed by atoms with Crippen LogP contribution in [0.1, 0.15) is 5.69 Å². The normalized spacial score (nSPS) is 10.9. The van der Waals surface area contributed by atoms with Crippen molar-refractivity contribution < 1.29 is 0 Å². The monoisotopic (exact) mass is 213 g/mol. The lowest BCUT2D eigenvalue weighted by molar-refractivity contribution is 0.919. The summed E-state index contributed by atoms with van der Waals surface area (Å²) < 4.78 is 0. The lowest BCUT2D eigenvalue weighted by atomic mass is 10.3. The predicted octanol–water partition coefficient (Wildman–Crippen LogP) is 0.891. The van der Waals surface area contributed by atoms with Crippen LogP contribution in [0.25, 0.3) is 0 Å².